The number of sulfonamides is 1. The summed E-state index contributed by atoms with van der Waals surface area (Å²) in [7, 11) is -3.53. The zero-order valence-electron chi connectivity index (χ0n) is 9.70. The Morgan fingerprint density at radius 3 is 2.67 bits per heavy atom. The fraction of sp³-hybridized carbons (Fsp3) is 0.0833. The zero-order valence-corrected chi connectivity index (χ0v) is 11.3. The summed E-state index contributed by atoms with van der Waals surface area (Å²) in [4.78, 5) is 2.19. The first-order valence-electron chi connectivity index (χ1n) is 5.23. The summed E-state index contributed by atoms with van der Waals surface area (Å²) in [6.07, 6.45) is 1.50. The average Bonchev–Trinajstić information content (AvgIpc) is 2.86. The van der Waals surface area contributed by atoms with Crippen molar-refractivity contribution in [2.24, 2.45) is 5.10 Å². The molecule has 0 atom stereocenters. The molecule has 0 radical (unpaired) electrons. The first kappa shape index (κ1) is 12.8. The van der Waals surface area contributed by atoms with Crippen LogP contribution in [-0.4, -0.2) is 14.6 Å². The molecule has 0 aliphatic rings. The third-order valence-electron chi connectivity index (χ3n) is 2.32. The quantitative estimate of drug-likeness (QED) is 0.690. The lowest BCUT2D eigenvalue weighted by atomic mass is 10.1. The summed E-state index contributed by atoms with van der Waals surface area (Å²) in [5, 5.41) is 5.48. The number of aryl methyl sites for hydroxylation is 1. The SMILES string of the molecule is Cc1ccccc1/C=N/NS(=O)(=O)c1cccs1. The van der Waals surface area contributed by atoms with Gasteiger partial charge in [-0.25, -0.2) is 0 Å². The van der Waals surface area contributed by atoms with Gasteiger partial charge in [0.1, 0.15) is 4.21 Å². The van der Waals surface area contributed by atoms with Crippen molar-refractivity contribution < 1.29 is 8.42 Å². The average molecular weight is 280 g/mol. The van der Waals surface area contributed by atoms with Gasteiger partial charge in [0.15, 0.2) is 0 Å². The Hall–Kier alpha value is -1.66. The minimum atomic E-state index is -3.53. The van der Waals surface area contributed by atoms with E-state index >= 15 is 0 Å². The smallest absolute Gasteiger partial charge is 0.199 e. The molecule has 18 heavy (non-hydrogen) atoms. The van der Waals surface area contributed by atoms with E-state index in [4.69, 9.17) is 0 Å². The maximum Gasteiger partial charge on any atom is 0.286 e. The van der Waals surface area contributed by atoms with E-state index in [1.165, 1.54) is 12.3 Å². The van der Waals surface area contributed by atoms with E-state index in [1.807, 2.05) is 31.2 Å². The van der Waals surface area contributed by atoms with E-state index in [2.05, 4.69) is 9.93 Å². The Morgan fingerprint density at radius 2 is 2.00 bits per heavy atom. The second kappa shape index (κ2) is 5.32. The monoisotopic (exact) mass is 280 g/mol. The fourth-order valence-corrected chi connectivity index (χ4v) is 3.13. The highest BCUT2D eigenvalue weighted by molar-refractivity contribution is 7.91. The van der Waals surface area contributed by atoms with Gasteiger partial charge in [-0.1, -0.05) is 30.3 Å². The van der Waals surface area contributed by atoms with Gasteiger partial charge in [0.05, 0.1) is 6.21 Å². The van der Waals surface area contributed by atoms with Gasteiger partial charge in [0.2, 0.25) is 0 Å². The minimum absolute atomic E-state index is 0.254. The van der Waals surface area contributed by atoms with Gasteiger partial charge < -0.3 is 0 Å². The van der Waals surface area contributed by atoms with E-state index in [-0.39, 0.29) is 4.21 Å². The van der Waals surface area contributed by atoms with E-state index < -0.39 is 10.0 Å². The van der Waals surface area contributed by atoms with Crippen LogP contribution in [0.1, 0.15) is 11.1 Å². The van der Waals surface area contributed by atoms with Gasteiger partial charge in [0.25, 0.3) is 10.0 Å². The van der Waals surface area contributed by atoms with E-state index in [1.54, 1.807) is 11.4 Å². The molecule has 0 amide bonds. The molecule has 0 bridgehead atoms. The number of hydrazone groups is 1. The Bertz CT molecular complexity index is 646. The molecular formula is C12H12N2O2S2. The standard InChI is InChI=1S/C12H12N2O2S2/c1-10-5-2-3-6-11(10)9-13-14-18(15,16)12-7-4-8-17-12/h2-9,14H,1H3/b13-9+. The number of thiophene rings is 1. The lowest BCUT2D eigenvalue weighted by Gasteiger charge is -2.00. The van der Waals surface area contributed by atoms with Gasteiger partial charge in [-0.3, -0.25) is 0 Å². The predicted molar refractivity (Wildman–Crippen MR) is 73.4 cm³/mol. The summed E-state index contributed by atoms with van der Waals surface area (Å²) in [5.74, 6) is 0. The molecule has 4 nitrogen and oxygen atoms in total. The van der Waals surface area contributed by atoms with E-state index in [0.717, 1.165) is 22.5 Å². The highest BCUT2D eigenvalue weighted by atomic mass is 32.2. The van der Waals surface area contributed by atoms with Crippen molar-refractivity contribution in [2.75, 3.05) is 0 Å². The van der Waals surface area contributed by atoms with Gasteiger partial charge in [-0.15, -0.1) is 11.3 Å². The maximum atomic E-state index is 11.8. The molecule has 0 saturated carbocycles. The Morgan fingerprint density at radius 1 is 1.22 bits per heavy atom. The van der Waals surface area contributed by atoms with Crippen molar-refractivity contribution in [3.63, 3.8) is 0 Å². The van der Waals surface area contributed by atoms with Crippen LogP contribution in [0.5, 0.6) is 0 Å². The van der Waals surface area contributed by atoms with Gasteiger partial charge in [-0.2, -0.15) is 18.4 Å². The summed E-state index contributed by atoms with van der Waals surface area (Å²) >= 11 is 1.15. The molecule has 2 aromatic rings. The van der Waals surface area contributed by atoms with Crippen LogP contribution >= 0.6 is 11.3 Å². The number of nitrogens with zero attached hydrogens (tertiary/aromatic N) is 1. The lowest BCUT2D eigenvalue weighted by Crippen LogP contribution is -2.17. The fourth-order valence-electron chi connectivity index (χ4n) is 1.36. The highest BCUT2D eigenvalue weighted by Gasteiger charge is 2.12. The van der Waals surface area contributed by atoms with Crippen molar-refractivity contribution in [3.05, 3.63) is 52.9 Å². The van der Waals surface area contributed by atoms with Gasteiger partial charge in [0, 0.05) is 0 Å². The zero-order chi connectivity index (χ0) is 13.0. The first-order valence-corrected chi connectivity index (χ1v) is 7.60. The number of rotatable bonds is 4. The lowest BCUT2D eigenvalue weighted by molar-refractivity contribution is 0.587. The molecule has 1 N–H and O–H groups in total. The normalized spacial score (nSPS) is 11.8. The topological polar surface area (TPSA) is 58.5 Å². The van der Waals surface area contributed by atoms with Crippen LogP contribution in [0.2, 0.25) is 0 Å². The molecule has 0 unspecified atom stereocenters. The Balaban J connectivity index is 2.11. The van der Waals surface area contributed by atoms with Crippen LogP contribution in [0.3, 0.4) is 0 Å². The third-order valence-corrected chi connectivity index (χ3v) is 4.95. The van der Waals surface area contributed by atoms with E-state index in [0.29, 0.717) is 0 Å². The van der Waals surface area contributed by atoms with Gasteiger partial charge >= 0.3 is 0 Å². The third kappa shape index (κ3) is 2.96. The van der Waals surface area contributed by atoms with Crippen LogP contribution in [0.15, 0.2) is 51.1 Å². The molecule has 1 heterocycles. The van der Waals surface area contributed by atoms with Crippen LogP contribution in [0.4, 0.5) is 0 Å². The maximum absolute atomic E-state index is 11.8. The van der Waals surface area contributed by atoms with Crippen LogP contribution in [0.25, 0.3) is 0 Å². The number of hydrogen-bond acceptors (Lipinski definition) is 4. The number of nitrogens with one attached hydrogen (secondary N) is 1. The van der Waals surface area contributed by atoms with Crippen molar-refractivity contribution >= 4 is 27.6 Å². The molecule has 6 heteroatoms. The largest absolute Gasteiger partial charge is 0.286 e. The van der Waals surface area contributed by atoms with Crippen LogP contribution < -0.4 is 4.83 Å². The molecule has 94 valence electrons. The molecule has 0 fully saturated rings. The molecule has 0 aliphatic carbocycles. The van der Waals surface area contributed by atoms with Crippen molar-refractivity contribution in [3.8, 4) is 0 Å². The Labute approximate surface area is 110 Å². The highest BCUT2D eigenvalue weighted by Crippen LogP contribution is 2.15. The molecule has 0 aliphatic heterocycles. The molecular weight excluding hydrogens is 268 g/mol. The van der Waals surface area contributed by atoms with Crippen molar-refractivity contribution in [1.82, 2.24) is 4.83 Å². The van der Waals surface area contributed by atoms with Crippen molar-refractivity contribution in [1.29, 1.82) is 0 Å². The minimum Gasteiger partial charge on any atom is -0.199 e. The Kier molecular flexibility index (Phi) is 3.78. The van der Waals surface area contributed by atoms with E-state index in [9.17, 15) is 8.42 Å². The number of benzene rings is 1. The molecule has 2 rings (SSSR count). The molecule has 1 aromatic carbocycles. The summed E-state index contributed by atoms with van der Waals surface area (Å²) in [5.41, 5.74) is 1.92. The molecule has 0 spiro atoms. The van der Waals surface area contributed by atoms with Crippen LogP contribution in [0, 0.1) is 6.92 Å². The number of hydrogen-bond donors (Lipinski definition) is 1. The molecule has 0 saturated heterocycles. The first-order chi connectivity index (χ1) is 8.59. The second-order valence-corrected chi connectivity index (χ2v) is 6.48. The second-order valence-electron chi connectivity index (χ2n) is 3.64. The summed E-state index contributed by atoms with van der Waals surface area (Å²) in [6, 6.07) is 10.8. The summed E-state index contributed by atoms with van der Waals surface area (Å²) < 4.78 is 23.8. The molecule has 1 aromatic heterocycles. The van der Waals surface area contributed by atoms with Gasteiger partial charge in [-0.05, 0) is 29.5 Å². The summed E-state index contributed by atoms with van der Waals surface area (Å²) in [6.45, 7) is 1.94. The van der Waals surface area contributed by atoms with Crippen molar-refractivity contribution in [2.45, 2.75) is 11.1 Å². The predicted octanol–water partition coefficient (Wildman–Crippen LogP) is 2.37. The van der Waals surface area contributed by atoms with Crippen LogP contribution in [-0.2, 0) is 10.0 Å².